The molecule has 0 fully saturated rings. The van der Waals surface area contributed by atoms with Crippen molar-refractivity contribution in [3.63, 3.8) is 0 Å². The molecular weight excluding hydrogens is 180 g/mol. The number of aliphatic hydroxyl groups excluding tert-OH is 1. The van der Waals surface area contributed by atoms with Crippen molar-refractivity contribution in [1.29, 1.82) is 0 Å². The van der Waals surface area contributed by atoms with Crippen LogP contribution in [0.3, 0.4) is 0 Å². The van der Waals surface area contributed by atoms with Gasteiger partial charge in [0.15, 0.2) is 5.82 Å². The summed E-state index contributed by atoms with van der Waals surface area (Å²) in [5.41, 5.74) is 0.633. The van der Waals surface area contributed by atoms with E-state index in [1.807, 2.05) is 13.8 Å². The van der Waals surface area contributed by atoms with Gasteiger partial charge in [-0.05, 0) is 19.4 Å². The maximum absolute atomic E-state index is 8.92. The van der Waals surface area contributed by atoms with Crippen molar-refractivity contribution in [2.75, 3.05) is 6.61 Å². The Balaban J connectivity index is 2.80. The van der Waals surface area contributed by atoms with Gasteiger partial charge in [-0.15, -0.1) is 0 Å². The van der Waals surface area contributed by atoms with Crippen molar-refractivity contribution in [1.82, 2.24) is 9.97 Å². The first-order chi connectivity index (χ1) is 6.81. The summed E-state index contributed by atoms with van der Waals surface area (Å²) in [5, 5.41) is 8.92. The van der Waals surface area contributed by atoms with Crippen molar-refractivity contribution in [2.24, 2.45) is 0 Å². The molecule has 0 aliphatic heterocycles. The van der Waals surface area contributed by atoms with Crippen LogP contribution in [0.15, 0.2) is 12.3 Å². The SMILES string of the molecule is CCOC(CC)c1nccc(CO)n1. The molecule has 0 aliphatic rings. The molecule has 78 valence electrons. The van der Waals surface area contributed by atoms with Gasteiger partial charge < -0.3 is 9.84 Å². The van der Waals surface area contributed by atoms with Crippen LogP contribution in [0.4, 0.5) is 0 Å². The number of aromatic nitrogens is 2. The fraction of sp³-hybridized carbons (Fsp3) is 0.600. The van der Waals surface area contributed by atoms with E-state index in [9.17, 15) is 0 Å². The fourth-order valence-corrected chi connectivity index (χ4v) is 1.23. The largest absolute Gasteiger partial charge is 0.390 e. The summed E-state index contributed by atoms with van der Waals surface area (Å²) in [4.78, 5) is 8.32. The molecule has 0 amide bonds. The molecule has 4 nitrogen and oxygen atoms in total. The topological polar surface area (TPSA) is 55.2 Å². The van der Waals surface area contributed by atoms with E-state index in [1.54, 1.807) is 12.3 Å². The molecule has 0 bridgehead atoms. The first kappa shape index (κ1) is 11.1. The smallest absolute Gasteiger partial charge is 0.157 e. The van der Waals surface area contributed by atoms with Crippen molar-refractivity contribution in [3.05, 3.63) is 23.8 Å². The van der Waals surface area contributed by atoms with Crippen molar-refractivity contribution in [2.45, 2.75) is 33.0 Å². The fourth-order valence-electron chi connectivity index (χ4n) is 1.23. The Labute approximate surface area is 84.0 Å². The van der Waals surface area contributed by atoms with Gasteiger partial charge in [-0.1, -0.05) is 6.92 Å². The van der Waals surface area contributed by atoms with Gasteiger partial charge in [-0.3, -0.25) is 0 Å². The van der Waals surface area contributed by atoms with Crippen molar-refractivity contribution in [3.8, 4) is 0 Å². The molecule has 0 radical (unpaired) electrons. The normalized spacial score (nSPS) is 12.8. The van der Waals surface area contributed by atoms with Crippen molar-refractivity contribution >= 4 is 0 Å². The molecule has 1 N–H and O–H groups in total. The lowest BCUT2D eigenvalue weighted by atomic mass is 10.2. The molecule has 1 unspecified atom stereocenters. The molecule has 14 heavy (non-hydrogen) atoms. The van der Waals surface area contributed by atoms with Crippen LogP contribution in [0, 0.1) is 0 Å². The highest BCUT2D eigenvalue weighted by atomic mass is 16.5. The molecule has 4 heteroatoms. The average molecular weight is 196 g/mol. The summed E-state index contributed by atoms with van der Waals surface area (Å²) >= 11 is 0. The number of rotatable bonds is 5. The van der Waals surface area contributed by atoms with Crippen LogP contribution in [0.25, 0.3) is 0 Å². The molecular formula is C10H16N2O2. The van der Waals surface area contributed by atoms with E-state index >= 15 is 0 Å². The maximum atomic E-state index is 8.92. The third kappa shape index (κ3) is 2.75. The summed E-state index contributed by atoms with van der Waals surface area (Å²) in [6.45, 7) is 4.55. The summed E-state index contributed by atoms with van der Waals surface area (Å²) < 4.78 is 5.47. The standard InChI is InChI=1S/C10H16N2O2/c1-3-9(14-4-2)10-11-6-5-8(7-13)12-10/h5-6,9,13H,3-4,7H2,1-2H3. The summed E-state index contributed by atoms with van der Waals surface area (Å²) in [6, 6.07) is 1.70. The predicted octanol–water partition coefficient (Wildman–Crippen LogP) is 1.46. The van der Waals surface area contributed by atoms with Crippen LogP contribution in [0.5, 0.6) is 0 Å². The number of hydrogen-bond acceptors (Lipinski definition) is 4. The zero-order valence-electron chi connectivity index (χ0n) is 8.60. The first-order valence-electron chi connectivity index (χ1n) is 4.86. The van der Waals surface area contributed by atoms with Gasteiger partial charge in [-0.25, -0.2) is 9.97 Å². The summed E-state index contributed by atoms with van der Waals surface area (Å²) in [6.07, 6.45) is 2.42. The molecule has 1 aromatic rings. The van der Waals surface area contributed by atoms with E-state index < -0.39 is 0 Å². The van der Waals surface area contributed by atoms with E-state index in [2.05, 4.69) is 9.97 Å². The van der Waals surface area contributed by atoms with Gasteiger partial charge >= 0.3 is 0 Å². The van der Waals surface area contributed by atoms with Gasteiger partial charge in [0.2, 0.25) is 0 Å². The van der Waals surface area contributed by atoms with Crippen molar-refractivity contribution < 1.29 is 9.84 Å². The molecule has 0 aliphatic carbocycles. The zero-order chi connectivity index (χ0) is 10.4. The molecule has 1 atom stereocenters. The minimum atomic E-state index is -0.0634. The highest BCUT2D eigenvalue weighted by Gasteiger charge is 2.12. The Morgan fingerprint density at radius 2 is 2.29 bits per heavy atom. The first-order valence-corrected chi connectivity index (χ1v) is 4.86. The van der Waals surface area contributed by atoms with Gasteiger partial charge in [0.1, 0.15) is 6.10 Å². The second kappa shape index (κ2) is 5.67. The number of ether oxygens (including phenoxy) is 1. The van der Waals surface area contributed by atoms with E-state index in [0.717, 1.165) is 6.42 Å². The van der Waals surface area contributed by atoms with Gasteiger partial charge in [0.05, 0.1) is 12.3 Å². The minimum Gasteiger partial charge on any atom is -0.390 e. The van der Waals surface area contributed by atoms with E-state index in [4.69, 9.17) is 9.84 Å². The lowest BCUT2D eigenvalue weighted by Gasteiger charge is -2.13. The molecule has 1 aromatic heterocycles. The Kier molecular flexibility index (Phi) is 4.49. The number of nitrogens with zero attached hydrogens (tertiary/aromatic N) is 2. The molecule has 1 rings (SSSR count). The molecule has 0 saturated heterocycles. The van der Waals surface area contributed by atoms with Crippen LogP contribution in [0.2, 0.25) is 0 Å². The lowest BCUT2D eigenvalue weighted by molar-refractivity contribution is 0.0531. The predicted molar refractivity (Wildman–Crippen MR) is 52.6 cm³/mol. The van der Waals surface area contributed by atoms with E-state index in [0.29, 0.717) is 18.1 Å². The highest BCUT2D eigenvalue weighted by molar-refractivity contribution is 5.02. The van der Waals surface area contributed by atoms with Crippen LogP contribution in [-0.4, -0.2) is 21.7 Å². The molecule has 0 saturated carbocycles. The van der Waals surface area contributed by atoms with Crippen LogP contribution in [-0.2, 0) is 11.3 Å². The minimum absolute atomic E-state index is 0.0575. The highest BCUT2D eigenvalue weighted by Crippen LogP contribution is 2.16. The summed E-state index contributed by atoms with van der Waals surface area (Å²) in [7, 11) is 0. The van der Waals surface area contributed by atoms with Gasteiger partial charge in [0, 0.05) is 12.8 Å². The molecule has 1 heterocycles. The number of aliphatic hydroxyl groups is 1. The zero-order valence-corrected chi connectivity index (χ0v) is 8.60. The average Bonchev–Trinajstić information content (AvgIpc) is 2.26. The monoisotopic (exact) mass is 196 g/mol. The molecule has 0 aromatic carbocycles. The molecule has 0 spiro atoms. The summed E-state index contributed by atoms with van der Waals surface area (Å²) in [5.74, 6) is 0.654. The second-order valence-electron chi connectivity index (χ2n) is 2.92. The van der Waals surface area contributed by atoms with Crippen LogP contribution >= 0.6 is 0 Å². The Hall–Kier alpha value is -1.00. The Morgan fingerprint density at radius 1 is 1.50 bits per heavy atom. The Bertz CT molecular complexity index is 279. The van der Waals surface area contributed by atoms with Gasteiger partial charge in [0.25, 0.3) is 0 Å². The van der Waals surface area contributed by atoms with E-state index in [1.165, 1.54) is 0 Å². The lowest BCUT2D eigenvalue weighted by Crippen LogP contribution is -2.09. The second-order valence-corrected chi connectivity index (χ2v) is 2.92. The Morgan fingerprint density at radius 3 is 2.86 bits per heavy atom. The number of hydrogen-bond donors (Lipinski definition) is 1. The quantitative estimate of drug-likeness (QED) is 0.774. The van der Waals surface area contributed by atoms with Gasteiger partial charge in [-0.2, -0.15) is 0 Å². The van der Waals surface area contributed by atoms with E-state index in [-0.39, 0.29) is 12.7 Å². The third-order valence-corrected chi connectivity index (χ3v) is 1.92. The van der Waals surface area contributed by atoms with Crippen LogP contribution < -0.4 is 0 Å². The van der Waals surface area contributed by atoms with Crippen LogP contribution in [0.1, 0.15) is 37.9 Å². The maximum Gasteiger partial charge on any atom is 0.157 e. The third-order valence-electron chi connectivity index (χ3n) is 1.92.